The number of benzene rings is 3. The van der Waals surface area contributed by atoms with Gasteiger partial charge in [0.15, 0.2) is 0 Å². The van der Waals surface area contributed by atoms with Crippen LogP contribution in [0.4, 0.5) is 0 Å². The summed E-state index contributed by atoms with van der Waals surface area (Å²) in [6, 6.07) is 24.8. The molecule has 4 heteroatoms. The molecule has 3 aromatic carbocycles. The quantitative estimate of drug-likeness (QED) is 0.185. The van der Waals surface area contributed by atoms with E-state index in [0.717, 1.165) is 0 Å². The van der Waals surface area contributed by atoms with Crippen molar-refractivity contribution in [2.75, 3.05) is 0 Å². The molecule has 3 atom stereocenters. The highest BCUT2D eigenvalue weighted by molar-refractivity contribution is 7.22. The molecule has 5 aromatic rings. The average Bonchev–Trinajstić information content (AvgIpc) is 3.43. The summed E-state index contributed by atoms with van der Waals surface area (Å²) >= 11 is 2.00. The number of thiophene rings is 1. The number of nitrogens with zero attached hydrogens (tertiary/aromatic N) is 3. The highest BCUT2D eigenvalue weighted by Crippen LogP contribution is 2.72. The van der Waals surface area contributed by atoms with Crippen LogP contribution >= 0.6 is 11.3 Å². The number of pyridine rings is 1. The maximum absolute atomic E-state index is 2.84. The first kappa shape index (κ1) is 27.8. The van der Waals surface area contributed by atoms with Gasteiger partial charge in [0.25, 0.3) is 11.9 Å². The first-order valence-electron chi connectivity index (χ1n) is 17.0. The van der Waals surface area contributed by atoms with Crippen LogP contribution in [0.15, 0.2) is 60.7 Å². The van der Waals surface area contributed by atoms with Crippen molar-refractivity contribution in [3.05, 3.63) is 88.5 Å². The van der Waals surface area contributed by atoms with Gasteiger partial charge in [-0.25, -0.2) is 9.48 Å². The Labute approximate surface area is 271 Å². The molecule has 4 aliphatic rings. The molecule has 0 N–H and O–H groups in total. The van der Waals surface area contributed by atoms with Gasteiger partial charge >= 0.3 is 5.66 Å². The molecule has 1 fully saturated rings. The monoisotopic (exact) mass is 611 g/mol. The molecule has 0 saturated heterocycles. The molecule has 3 nitrogen and oxygen atoms in total. The van der Waals surface area contributed by atoms with Crippen LogP contribution in [0, 0.1) is 19.8 Å². The highest BCUT2D eigenvalue weighted by atomic mass is 32.1. The second-order valence-corrected chi connectivity index (χ2v) is 16.6. The standard InChI is InChI=1S/C41H45N3S/c1-21(2)39-43(22(3)4)41(44(39)23(5)6)36-27-18-19-28-34(37-35(40(28,9)10)26-15-11-12-17-31(26)45-37)33(27)30-20-25(8)32-24(7)14-13-16-29(32)42(30)38(36)41/h11-23,36,38H,1-10H3/q+2. The Balaban J connectivity index is 1.44. The van der Waals surface area contributed by atoms with Gasteiger partial charge < -0.3 is 0 Å². The van der Waals surface area contributed by atoms with Gasteiger partial charge in [-0.3, -0.25) is 0 Å². The number of aromatic nitrogens is 1. The lowest BCUT2D eigenvalue weighted by Crippen LogP contribution is -2.71. The van der Waals surface area contributed by atoms with Crippen molar-refractivity contribution in [1.29, 1.82) is 0 Å². The van der Waals surface area contributed by atoms with E-state index in [9.17, 15) is 0 Å². The molecule has 1 saturated carbocycles. The summed E-state index contributed by atoms with van der Waals surface area (Å²) < 4.78 is 7.05. The van der Waals surface area contributed by atoms with E-state index >= 15 is 0 Å². The average molecular weight is 612 g/mol. The van der Waals surface area contributed by atoms with Crippen molar-refractivity contribution in [3.63, 3.8) is 0 Å². The van der Waals surface area contributed by atoms with Gasteiger partial charge in [0.1, 0.15) is 5.92 Å². The minimum Gasteiger partial charge on any atom is -0.214 e. The predicted molar refractivity (Wildman–Crippen MR) is 189 cm³/mol. The van der Waals surface area contributed by atoms with Crippen LogP contribution in [0.3, 0.4) is 0 Å². The Morgan fingerprint density at radius 1 is 0.844 bits per heavy atom. The SMILES string of the molecule is Cc1cccc2c1c(C)cc1[n+]2C2C(c3ccc4c(c3-1)-c1sc3ccccc3c1C4(C)C)C21N(C(C)C)C(C(C)C)=[N+]1C(C)C. The molecule has 9 rings (SSSR count). The molecule has 2 aliphatic carbocycles. The summed E-state index contributed by atoms with van der Waals surface area (Å²) in [7, 11) is 0. The van der Waals surface area contributed by atoms with Gasteiger partial charge in [-0.15, -0.1) is 11.3 Å². The number of hydrogen-bond acceptors (Lipinski definition) is 2. The van der Waals surface area contributed by atoms with Crippen molar-refractivity contribution in [2.24, 2.45) is 5.92 Å². The van der Waals surface area contributed by atoms with Crippen LogP contribution in [0.1, 0.15) is 95.2 Å². The molecule has 0 amide bonds. The first-order valence-corrected chi connectivity index (χ1v) is 17.9. The topological polar surface area (TPSA) is 10.1 Å². The molecule has 1 spiro atoms. The normalized spacial score (nSPS) is 23.6. The molecule has 0 bridgehead atoms. The van der Waals surface area contributed by atoms with Crippen molar-refractivity contribution in [2.45, 2.75) is 104 Å². The maximum atomic E-state index is 2.84. The zero-order valence-corrected chi connectivity index (χ0v) is 29.2. The van der Waals surface area contributed by atoms with Gasteiger partial charge in [-0.2, -0.15) is 4.57 Å². The largest absolute Gasteiger partial charge is 0.321 e. The molecule has 3 unspecified atom stereocenters. The molecule has 2 aromatic heterocycles. The minimum atomic E-state index is -0.0656. The Kier molecular flexibility index (Phi) is 5.34. The smallest absolute Gasteiger partial charge is 0.214 e. The lowest BCUT2D eigenvalue weighted by Gasteiger charge is -2.44. The third kappa shape index (κ3) is 3.04. The van der Waals surface area contributed by atoms with Crippen molar-refractivity contribution < 1.29 is 9.14 Å². The lowest BCUT2D eigenvalue weighted by molar-refractivity contribution is -0.742. The molecule has 0 radical (unpaired) electrons. The molecule has 4 heterocycles. The van der Waals surface area contributed by atoms with Gasteiger partial charge in [0.05, 0.1) is 29.0 Å². The van der Waals surface area contributed by atoms with Crippen molar-refractivity contribution >= 4 is 38.2 Å². The minimum absolute atomic E-state index is 0.0479. The van der Waals surface area contributed by atoms with Crippen LogP contribution < -0.4 is 4.57 Å². The summed E-state index contributed by atoms with van der Waals surface area (Å²) in [5.41, 5.74) is 13.0. The van der Waals surface area contributed by atoms with Gasteiger partial charge in [0.2, 0.25) is 11.2 Å². The van der Waals surface area contributed by atoms with Gasteiger partial charge in [-0.05, 0) is 80.8 Å². The van der Waals surface area contributed by atoms with Crippen molar-refractivity contribution in [1.82, 2.24) is 4.90 Å². The third-order valence-corrected chi connectivity index (χ3v) is 12.8. The van der Waals surface area contributed by atoms with E-state index in [0.29, 0.717) is 30.0 Å². The van der Waals surface area contributed by atoms with E-state index in [1.54, 1.807) is 5.56 Å². The second kappa shape index (κ2) is 8.64. The number of rotatable bonds is 3. The summed E-state index contributed by atoms with van der Waals surface area (Å²) in [5, 5.41) is 2.84. The zero-order valence-electron chi connectivity index (χ0n) is 28.4. The lowest BCUT2D eigenvalue weighted by atomic mass is 9.79. The molecular formula is C41H45N3S+2. The number of aryl methyl sites for hydroxylation is 2. The van der Waals surface area contributed by atoms with E-state index in [-0.39, 0.29) is 11.1 Å². The van der Waals surface area contributed by atoms with Crippen molar-refractivity contribution in [3.8, 4) is 21.7 Å². The van der Waals surface area contributed by atoms with Crippen LogP contribution in [-0.2, 0) is 5.41 Å². The van der Waals surface area contributed by atoms with E-state index < -0.39 is 0 Å². The van der Waals surface area contributed by atoms with Gasteiger partial charge in [0, 0.05) is 32.7 Å². The molecule has 228 valence electrons. The van der Waals surface area contributed by atoms with Gasteiger partial charge in [-0.1, -0.05) is 70.2 Å². The van der Waals surface area contributed by atoms with E-state index in [4.69, 9.17) is 0 Å². The molecule has 2 aliphatic heterocycles. The number of hydrogen-bond donors (Lipinski definition) is 0. The van der Waals surface area contributed by atoms with Crippen LogP contribution in [0.5, 0.6) is 0 Å². The van der Waals surface area contributed by atoms with E-state index in [1.165, 1.54) is 70.8 Å². The fraction of sp³-hybridized carbons (Fsp3) is 0.415. The Morgan fingerprint density at radius 3 is 2.31 bits per heavy atom. The van der Waals surface area contributed by atoms with Crippen LogP contribution in [0.25, 0.3) is 42.7 Å². The zero-order chi connectivity index (χ0) is 31.5. The van der Waals surface area contributed by atoms with Crippen LogP contribution in [0.2, 0.25) is 0 Å². The summed E-state index contributed by atoms with van der Waals surface area (Å²) in [4.78, 5) is 4.32. The molecular weight excluding hydrogens is 567 g/mol. The summed E-state index contributed by atoms with van der Waals surface area (Å²) in [5.74, 6) is 2.39. The first-order chi connectivity index (χ1) is 21.4. The van der Waals surface area contributed by atoms with E-state index in [2.05, 4.69) is 144 Å². The predicted octanol–water partition coefficient (Wildman–Crippen LogP) is 9.48. The maximum Gasteiger partial charge on any atom is 0.321 e. The Hall–Kier alpha value is -3.50. The summed E-state index contributed by atoms with van der Waals surface area (Å²) in [6.45, 7) is 23.9. The van der Waals surface area contributed by atoms with Crippen LogP contribution in [-0.4, -0.2) is 33.1 Å². The molecule has 45 heavy (non-hydrogen) atoms. The second-order valence-electron chi connectivity index (χ2n) is 15.6. The Bertz CT molecular complexity index is 2180. The third-order valence-electron chi connectivity index (χ3n) is 11.7. The summed E-state index contributed by atoms with van der Waals surface area (Å²) in [6.07, 6.45) is 0. The van der Waals surface area contributed by atoms with E-state index in [1.807, 2.05) is 11.3 Å². The fourth-order valence-electron chi connectivity index (χ4n) is 10.4. The fourth-order valence-corrected chi connectivity index (χ4v) is 11.8. The number of amidine groups is 1. The highest BCUT2D eigenvalue weighted by Gasteiger charge is 2.92. The number of fused-ring (bicyclic) bond motifs is 16. The Morgan fingerprint density at radius 2 is 1.60 bits per heavy atom.